The van der Waals surface area contributed by atoms with Gasteiger partial charge in [0, 0.05) is 18.2 Å². The Bertz CT molecular complexity index is 393. The van der Waals surface area contributed by atoms with Crippen LogP contribution in [-0.2, 0) is 4.79 Å². The summed E-state index contributed by atoms with van der Waals surface area (Å²) < 4.78 is 13.0. The second kappa shape index (κ2) is 6.35. The first kappa shape index (κ1) is 13.6. The number of halogens is 1. The third-order valence-electron chi connectivity index (χ3n) is 2.52. The molecule has 1 rings (SSSR count). The van der Waals surface area contributed by atoms with Gasteiger partial charge >= 0.3 is 0 Å². The van der Waals surface area contributed by atoms with E-state index in [0.29, 0.717) is 12.1 Å². The van der Waals surface area contributed by atoms with E-state index in [1.165, 1.54) is 12.1 Å². The summed E-state index contributed by atoms with van der Waals surface area (Å²) in [5.74, 6) is -0.446. The molecule has 1 amide bonds. The highest BCUT2D eigenvalue weighted by molar-refractivity contribution is 5.91. The van der Waals surface area contributed by atoms with Gasteiger partial charge in [-0.3, -0.25) is 4.79 Å². The lowest BCUT2D eigenvalue weighted by Crippen LogP contribution is -2.30. The molecule has 1 aromatic rings. The predicted molar refractivity (Wildman–Crippen MR) is 67.5 cm³/mol. The number of hydrogen-bond acceptors (Lipinski definition) is 2. The first-order chi connectivity index (χ1) is 8.02. The molecule has 2 N–H and O–H groups in total. The van der Waals surface area contributed by atoms with Gasteiger partial charge in [0.1, 0.15) is 5.82 Å². The Morgan fingerprint density at radius 2 is 2.18 bits per heavy atom. The van der Waals surface area contributed by atoms with Gasteiger partial charge in [0.25, 0.3) is 0 Å². The molecule has 0 spiro atoms. The number of carbonyl (C=O) groups is 1. The zero-order chi connectivity index (χ0) is 12.8. The number of anilines is 1. The summed E-state index contributed by atoms with van der Waals surface area (Å²) in [6.07, 6.45) is 0.379. The van der Waals surface area contributed by atoms with E-state index in [1.807, 2.05) is 20.8 Å². The molecule has 0 aliphatic heterocycles. The molecule has 17 heavy (non-hydrogen) atoms. The normalized spacial score (nSPS) is 12.2. The van der Waals surface area contributed by atoms with Crippen LogP contribution < -0.4 is 10.6 Å². The fraction of sp³-hybridized carbons (Fsp3) is 0.462. The average molecular weight is 238 g/mol. The molecule has 0 saturated heterocycles. The molecule has 94 valence electrons. The van der Waals surface area contributed by atoms with Crippen LogP contribution in [0.4, 0.5) is 10.1 Å². The van der Waals surface area contributed by atoms with Crippen molar-refractivity contribution >= 4 is 11.6 Å². The summed E-state index contributed by atoms with van der Waals surface area (Å²) in [5.41, 5.74) is 1.40. The zero-order valence-corrected chi connectivity index (χ0v) is 10.5. The Hall–Kier alpha value is -1.42. The van der Waals surface area contributed by atoms with Gasteiger partial charge in [0.15, 0.2) is 0 Å². The molecule has 0 bridgehead atoms. The second-order valence-corrected chi connectivity index (χ2v) is 4.17. The highest BCUT2D eigenvalue weighted by Gasteiger charge is 2.09. The Morgan fingerprint density at radius 1 is 1.47 bits per heavy atom. The monoisotopic (exact) mass is 238 g/mol. The van der Waals surface area contributed by atoms with Crippen LogP contribution in [0.3, 0.4) is 0 Å². The Labute approximate surface area is 101 Å². The maximum Gasteiger partial charge on any atom is 0.225 e. The molecule has 0 aliphatic carbocycles. The highest BCUT2D eigenvalue weighted by Crippen LogP contribution is 2.16. The van der Waals surface area contributed by atoms with E-state index < -0.39 is 0 Å². The van der Waals surface area contributed by atoms with Crippen LogP contribution in [0.5, 0.6) is 0 Å². The number of nitrogens with one attached hydrogen (secondary N) is 2. The summed E-state index contributed by atoms with van der Waals surface area (Å²) in [5, 5.41) is 5.87. The van der Waals surface area contributed by atoms with Gasteiger partial charge in [0.05, 0.1) is 0 Å². The molecule has 0 saturated carbocycles. The van der Waals surface area contributed by atoms with Crippen LogP contribution >= 0.6 is 0 Å². The summed E-state index contributed by atoms with van der Waals surface area (Å²) in [6, 6.07) is 4.49. The van der Waals surface area contributed by atoms with Crippen molar-refractivity contribution in [3.63, 3.8) is 0 Å². The molecule has 0 heterocycles. The van der Waals surface area contributed by atoms with Crippen molar-refractivity contribution < 1.29 is 9.18 Å². The molecular weight excluding hydrogens is 219 g/mol. The van der Waals surface area contributed by atoms with Gasteiger partial charge in [-0.2, -0.15) is 0 Å². The van der Waals surface area contributed by atoms with E-state index >= 15 is 0 Å². The number of carbonyl (C=O) groups excluding carboxylic acids is 1. The summed E-state index contributed by atoms with van der Waals surface area (Å²) >= 11 is 0. The van der Waals surface area contributed by atoms with Gasteiger partial charge < -0.3 is 10.6 Å². The summed E-state index contributed by atoms with van der Waals surface area (Å²) in [4.78, 5) is 11.7. The van der Waals surface area contributed by atoms with Crippen LogP contribution in [0.2, 0.25) is 0 Å². The third kappa shape index (κ3) is 4.53. The zero-order valence-electron chi connectivity index (χ0n) is 10.5. The topological polar surface area (TPSA) is 41.1 Å². The summed E-state index contributed by atoms with van der Waals surface area (Å²) in [7, 11) is 0. The van der Waals surface area contributed by atoms with E-state index in [1.54, 1.807) is 6.07 Å². The van der Waals surface area contributed by atoms with Crippen LogP contribution in [-0.4, -0.2) is 18.5 Å². The molecule has 0 radical (unpaired) electrons. The van der Waals surface area contributed by atoms with E-state index in [9.17, 15) is 9.18 Å². The van der Waals surface area contributed by atoms with Gasteiger partial charge in [-0.15, -0.1) is 0 Å². The lowest BCUT2D eigenvalue weighted by molar-refractivity contribution is -0.116. The van der Waals surface area contributed by atoms with Crippen molar-refractivity contribution in [1.29, 1.82) is 0 Å². The lowest BCUT2D eigenvalue weighted by atomic mass is 10.1. The first-order valence-corrected chi connectivity index (χ1v) is 5.82. The maximum atomic E-state index is 13.0. The minimum atomic E-state index is -0.342. The molecule has 0 aromatic heterocycles. The molecule has 1 aromatic carbocycles. The summed E-state index contributed by atoms with van der Waals surface area (Å²) in [6.45, 7) is 6.60. The van der Waals surface area contributed by atoms with Crippen LogP contribution in [0.1, 0.15) is 25.8 Å². The molecule has 0 fully saturated rings. The number of rotatable bonds is 5. The minimum absolute atomic E-state index is 0.104. The van der Waals surface area contributed by atoms with Crippen molar-refractivity contribution in [3.8, 4) is 0 Å². The van der Waals surface area contributed by atoms with Gasteiger partial charge in [0.2, 0.25) is 5.91 Å². The van der Waals surface area contributed by atoms with Crippen LogP contribution in [0, 0.1) is 12.7 Å². The maximum absolute atomic E-state index is 13.0. The largest absolute Gasteiger partial charge is 0.326 e. The standard InChI is InChI=1S/C13H19FN2O/c1-4-15-10(3)7-13(17)16-12-8-11(14)6-5-9(12)2/h5-6,8,10,15H,4,7H2,1-3H3,(H,16,17). The van der Waals surface area contributed by atoms with Crippen molar-refractivity contribution in [2.75, 3.05) is 11.9 Å². The fourth-order valence-corrected chi connectivity index (χ4v) is 1.63. The minimum Gasteiger partial charge on any atom is -0.326 e. The predicted octanol–water partition coefficient (Wildman–Crippen LogP) is 2.46. The van der Waals surface area contributed by atoms with Gasteiger partial charge in [-0.25, -0.2) is 4.39 Å². The Kier molecular flexibility index (Phi) is 5.10. The van der Waals surface area contributed by atoms with Crippen molar-refractivity contribution in [1.82, 2.24) is 5.32 Å². The highest BCUT2D eigenvalue weighted by atomic mass is 19.1. The second-order valence-electron chi connectivity index (χ2n) is 4.17. The average Bonchev–Trinajstić information content (AvgIpc) is 2.23. The molecule has 3 nitrogen and oxygen atoms in total. The Balaban J connectivity index is 2.58. The number of hydrogen-bond donors (Lipinski definition) is 2. The van der Waals surface area contributed by atoms with Crippen LogP contribution in [0.25, 0.3) is 0 Å². The fourth-order valence-electron chi connectivity index (χ4n) is 1.63. The molecule has 1 atom stereocenters. The quantitative estimate of drug-likeness (QED) is 0.827. The third-order valence-corrected chi connectivity index (χ3v) is 2.52. The van der Waals surface area contributed by atoms with E-state index in [4.69, 9.17) is 0 Å². The van der Waals surface area contributed by atoms with E-state index in [0.717, 1.165) is 12.1 Å². The van der Waals surface area contributed by atoms with Crippen LogP contribution in [0.15, 0.2) is 18.2 Å². The smallest absolute Gasteiger partial charge is 0.225 e. The molecule has 1 unspecified atom stereocenters. The van der Waals surface area contributed by atoms with Crippen molar-refractivity contribution in [2.45, 2.75) is 33.2 Å². The SMILES string of the molecule is CCNC(C)CC(=O)Nc1cc(F)ccc1C. The van der Waals surface area contributed by atoms with E-state index in [2.05, 4.69) is 10.6 Å². The number of amides is 1. The van der Waals surface area contributed by atoms with Crippen molar-refractivity contribution in [2.24, 2.45) is 0 Å². The lowest BCUT2D eigenvalue weighted by Gasteiger charge is -2.13. The molecular formula is C13H19FN2O. The van der Waals surface area contributed by atoms with Crippen molar-refractivity contribution in [3.05, 3.63) is 29.6 Å². The van der Waals surface area contributed by atoms with Gasteiger partial charge in [-0.05, 0) is 38.1 Å². The van der Waals surface area contributed by atoms with Gasteiger partial charge in [-0.1, -0.05) is 13.0 Å². The Morgan fingerprint density at radius 3 is 2.82 bits per heavy atom. The first-order valence-electron chi connectivity index (χ1n) is 5.82. The number of benzene rings is 1. The molecule has 0 aliphatic rings. The van der Waals surface area contributed by atoms with E-state index in [-0.39, 0.29) is 17.8 Å². The number of aryl methyl sites for hydroxylation is 1. The molecule has 4 heteroatoms.